The summed E-state index contributed by atoms with van der Waals surface area (Å²) < 4.78 is 0. The summed E-state index contributed by atoms with van der Waals surface area (Å²) in [5.41, 5.74) is 0. The van der Waals surface area contributed by atoms with E-state index < -0.39 is 8.07 Å². The van der Waals surface area contributed by atoms with Crippen molar-refractivity contribution in [3.05, 3.63) is 0 Å². The maximum absolute atomic E-state index is 11.6. The minimum Gasteiger partial charge on any atom is -0.359 e. The van der Waals surface area contributed by atoms with Crippen molar-refractivity contribution in [2.45, 2.75) is 46.3 Å². The number of carbonyl (C=O) groups is 1. The van der Waals surface area contributed by atoms with Gasteiger partial charge in [0.15, 0.2) is 0 Å². The standard InChI is InChI=1S/C10H23NOSi/c1-6-9(7-2)10(12)11-8-13(3,4)5/h9H,6-8H2,1-5H3,(H,11,12). The van der Waals surface area contributed by atoms with Crippen molar-refractivity contribution in [1.82, 2.24) is 5.32 Å². The number of carbonyl (C=O) groups excluding carboxylic acids is 1. The molecule has 0 aliphatic carbocycles. The summed E-state index contributed by atoms with van der Waals surface area (Å²) in [5, 5.41) is 3.05. The monoisotopic (exact) mass is 201 g/mol. The third-order valence-electron chi connectivity index (χ3n) is 2.15. The van der Waals surface area contributed by atoms with Gasteiger partial charge in [-0.1, -0.05) is 33.5 Å². The minimum atomic E-state index is -1.12. The second-order valence-corrected chi connectivity index (χ2v) is 10.3. The van der Waals surface area contributed by atoms with E-state index in [1.165, 1.54) is 0 Å². The molecule has 0 aromatic rings. The van der Waals surface area contributed by atoms with Crippen LogP contribution in [0.1, 0.15) is 26.7 Å². The van der Waals surface area contributed by atoms with Gasteiger partial charge in [-0.2, -0.15) is 0 Å². The fraction of sp³-hybridized carbons (Fsp3) is 0.900. The zero-order valence-electron chi connectivity index (χ0n) is 9.61. The van der Waals surface area contributed by atoms with Crippen LogP contribution in [0.5, 0.6) is 0 Å². The molecule has 78 valence electrons. The molecule has 0 fully saturated rings. The third-order valence-corrected chi connectivity index (χ3v) is 3.39. The Hall–Kier alpha value is -0.313. The van der Waals surface area contributed by atoms with Crippen LogP contribution in [-0.4, -0.2) is 20.1 Å². The van der Waals surface area contributed by atoms with Gasteiger partial charge in [-0.15, -0.1) is 0 Å². The molecule has 0 aromatic heterocycles. The minimum absolute atomic E-state index is 0.219. The lowest BCUT2D eigenvalue weighted by Gasteiger charge is -2.19. The zero-order valence-corrected chi connectivity index (χ0v) is 10.6. The van der Waals surface area contributed by atoms with Crippen molar-refractivity contribution in [3.63, 3.8) is 0 Å². The van der Waals surface area contributed by atoms with Gasteiger partial charge in [-0.05, 0) is 12.8 Å². The van der Waals surface area contributed by atoms with Gasteiger partial charge in [0.1, 0.15) is 0 Å². The summed E-state index contributed by atoms with van der Waals surface area (Å²) in [6, 6.07) is 0. The van der Waals surface area contributed by atoms with Gasteiger partial charge >= 0.3 is 0 Å². The summed E-state index contributed by atoms with van der Waals surface area (Å²) >= 11 is 0. The Balaban J connectivity index is 3.86. The smallest absolute Gasteiger partial charge is 0.222 e. The van der Waals surface area contributed by atoms with E-state index in [4.69, 9.17) is 0 Å². The van der Waals surface area contributed by atoms with E-state index in [0.717, 1.165) is 19.0 Å². The van der Waals surface area contributed by atoms with Crippen molar-refractivity contribution in [2.75, 3.05) is 6.17 Å². The van der Waals surface area contributed by atoms with Crippen LogP contribution in [0.15, 0.2) is 0 Å². The number of rotatable bonds is 5. The highest BCUT2D eigenvalue weighted by Gasteiger charge is 2.18. The van der Waals surface area contributed by atoms with E-state index >= 15 is 0 Å². The molecule has 0 unspecified atom stereocenters. The summed E-state index contributed by atoms with van der Waals surface area (Å²) in [6.45, 7) is 10.9. The fourth-order valence-corrected chi connectivity index (χ4v) is 1.86. The quantitative estimate of drug-likeness (QED) is 0.680. The first-order valence-corrected chi connectivity index (χ1v) is 8.89. The molecule has 0 heterocycles. The molecule has 13 heavy (non-hydrogen) atoms. The van der Waals surface area contributed by atoms with Crippen molar-refractivity contribution in [1.29, 1.82) is 0 Å². The van der Waals surface area contributed by atoms with Gasteiger partial charge in [-0.25, -0.2) is 0 Å². The van der Waals surface area contributed by atoms with E-state index in [0.29, 0.717) is 0 Å². The van der Waals surface area contributed by atoms with E-state index in [9.17, 15) is 4.79 Å². The molecule has 0 rings (SSSR count). The average Bonchev–Trinajstić information content (AvgIpc) is 2.02. The Morgan fingerprint density at radius 2 is 1.69 bits per heavy atom. The first-order valence-electron chi connectivity index (χ1n) is 5.18. The second-order valence-electron chi connectivity index (χ2n) is 4.79. The van der Waals surface area contributed by atoms with Crippen molar-refractivity contribution < 1.29 is 4.79 Å². The van der Waals surface area contributed by atoms with Gasteiger partial charge < -0.3 is 5.32 Å². The SMILES string of the molecule is CCC(CC)C(=O)NC[Si](C)(C)C. The zero-order chi connectivity index (χ0) is 10.5. The topological polar surface area (TPSA) is 29.1 Å². The number of nitrogens with one attached hydrogen (secondary N) is 1. The first kappa shape index (κ1) is 12.7. The molecule has 0 saturated carbocycles. The average molecular weight is 201 g/mol. The van der Waals surface area contributed by atoms with E-state index in [1.807, 2.05) is 0 Å². The molecule has 0 radical (unpaired) electrons. The van der Waals surface area contributed by atoms with Gasteiger partial charge in [-0.3, -0.25) is 4.79 Å². The molecule has 1 N–H and O–H groups in total. The normalized spacial score (nSPS) is 11.8. The second kappa shape index (κ2) is 5.42. The molecule has 1 amide bonds. The van der Waals surface area contributed by atoms with Gasteiger partial charge in [0.2, 0.25) is 5.91 Å². The van der Waals surface area contributed by atoms with Crippen LogP contribution in [0.25, 0.3) is 0 Å². The molecule has 2 nitrogen and oxygen atoms in total. The van der Waals surface area contributed by atoms with E-state index in [-0.39, 0.29) is 11.8 Å². The molecule has 0 atom stereocenters. The Bertz CT molecular complexity index is 159. The Morgan fingerprint density at radius 3 is 2.00 bits per heavy atom. The molecular weight excluding hydrogens is 178 g/mol. The number of amides is 1. The van der Waals surface area contributed by atoms with Crippen LogP contribution in [0.2, 0.25) is 19.6 Å². The van der Waals surface area contributed by atoms with E-state index in [2.05, 4.69) is 38.8 Å². The maximum Gasteiger partial charge on any atom is 0.222 e. The molecule has 0 aliphatic heterocycles. The molecule has 0 aromatic carbocycles. The summed E-state index contributed by atoms with van der Waals surface area (Å²) in [7, 11) is -1.12. The lowest BCUT2D eigenvalue weighted by atomic mass is 10.0. The molecular formula is C10H23NOSi. The number of hydrogen-bond donors (Lipinski definition) is 1. The molecule has 0 bridgehead atoms. The maximum atomic E-state index is 11.6. The van der Waals surface area contributed by atoms with Crippen LogP contribution in [-0.2, 0) is 4.79 Å². The summed E-state index contributed by atoms with van der Waals surface area (Å²) in [6.07, 6.45) is 2.81. The van der Waals surface area contributed by atoms with Crippen LogP contribution in [0.4, 0.5) is 0 Å². The van der Waals surface area contributed by atoms with Gasteiger partial charge in [0.05, 0.1) is 8.07 Å². The van der Waals surface area contributed by atoms with Crippen LogP contribution < -0.4 is 5.32 Å². The molecule has 0 saturated heterocycles. The van der Waals surface area contributed by atoms with Crippen molar-refractivity contribution >= 4 is 14.0 Å². The highest BCUT2D eigenvalue weighted by Crippen LogP contribution is 2.07. The molecule has 0 spiro atoms. The fourth-order valence-electron chi connectivity index (χ4n) is 1.16. The van der Waals surface area contributed by atoms with Gasteiger partial charge in [0, 0.05) is 12.1 Å². The summed E-state index contributed by atoms with van der Waals surface area (Å²) in [4.78, 5) is 11.6. The largest absolute Gasteiger partial charge is 0.359 e. The van der Waals surface area contributed by atoms with E-state index in [1.54, 1.807) is 0 Å². The highest BCUT2D eigenvalue weighted by molar-refractivity contribution is 6.76. The van der Waals surface area contributed by atoms with Crippen molar-refractivity contribution in [2.24, 2.45) is 5.92 Å². The lowest BCUT2D eigenvalue weighted by Crippen LogP contribution is -2.42. The highest BCUT2D eigenvalue weighted by atomic mass is 28.3. The van der Waals surface area contributed by atoms with Gasteiger partial charge in [0.25, 0.3) is 0 Å². The predicted molar refractivity (Wildman–Crippen MR) is 60.4 cm³/mol. The first-order chi connectivity index (χ1) is 5.90. The Labute approximate surface area is 83.1 Å². The van der Waals surface area contributed by atoms with Crippen LogP contribution in [0, 0.1) is 5.92 Å². The van der Waals surface area contributed by atoms with Crippen molar-refractivity contribution in [3.8, 4) is 0 Å². The number of hydrogen-bond acceptors (Lipinski definition) is 1. The summed E-state index contributed by atoms with van der Waals surface area (Å²) in [5.74, 6) is 0.462. The van der Waals surface area contributed by atoms with Crippen LogP contribution in [0.3, 0.4) is 0 Å². The predicted octanol–water partition coefficient (Wildman–Crippen LogP) is 2.42. The molecule has 3 heteroatoms. The Kier molecular flexibility index (Phi) is 5.29. The lowest BCUT2D eigenvalue weighted by molar-refractivity contribution is -0.124. The van der Waals surface area contributed by atoms with Crippen LogP contribution >= 0.6 is 0 Å². The Morgan fingerprint density at radius 1 is 1.23 bits per heavy atom. The molecule has 0 aliphatic rings. The third kappa shape index (κ3) is 5.85.